The van der Waals surface area contributed by atoms with Gasteiger partial charge in [0.2, 0.25) is 0 Å². The molecule has 0 unspecified atom stereocenters. The molecule has 2 N–H and O–H groups in total. The number of methoxy groups -OCH3 is 1. The molecule has 4 nitrogen and oxygen atoms in total. The normalized spacial score (nSPS) is 28.2. The van der Waals surface area contributed by atoms with Gasteiger partial charge in [-0.1, -0.05) is 29.8 Å². The van der Waals surface area contributed by atoms with Crippen molar-refractivity contribution >= 4 is 16.9 Å². The van der Waals surface area contributed by atoms with Crippen molar-refractivity contribution in [1.29, 1.82) is 0 Å². The van der Waals surface area contributed by atoms with E-state index in [0.717, 1.165) is 25.8 Å². The molecule has 1 aliphatic heterocycles. The Morgan fingerprint density at radius 3 is 2.96 bits per heavy atom. The van der Waals surface area contributed by atoms with Crippen molar-refractivity contribution in [3.8, 4) is 0 Å². The Morgan fingerprint density at radius 1 is 1.33 bits per heavy atom. The number of carbonyl (C=O) groups excluding carboxylic acids is 1. The van der Waals surface area contributed by atoms with Gasteiger partial charge in [-0.15, -0.1) is 0 Å². The zero-order chi connectivity index (χ0) is 16.7. The highest BCUT2D eigenvalue weighted by Crippen LogP contribution is 2.38. The van der Waals surface area contributed by atoms with E-state index in [1.807, 2.05) is 0 Å². The Kier molecular flexibility index (Phi) is 3.93. The van der Waals surface area contributed by atoms with Crippen LogP contribution in [0.2, 0.25) is 0 Å². The maximum atomic E-state index is 12.5. The highest BCUT2D eigenvalue weighted by molar-refractivity contribution is 5.85. The zero-order valence-electron chi connectivity index (χ0n) is 14.3. The van der Waals surface area contributed by atoms with E-state index in [0.29, 0.717) is 0 Å². The molecule has 2 heterocycles. The molecule has 4 heteroatoms. The van der Waals surface area contributed by atoms with Crippen LogP contribution in [0, 0.1) is 11.8 Å². The summed E-state index contributed by atoms with van der Waals surface area (Å²) < 4.78 is 5.16. The molecule has 2 bridgehead atoms. The summed E-state index contributed by atoms with van der Waals surface area (Å²) in [7, 11) is 1.50. The lowest BCUT2D eigenvalue weighted by Gasteiger charge is -2.40. The largest absolute Gasteiger partial charge is 0.469 e. The summed E-state index contributed by atoms with van der Waals surface area (Å²) in [6.07, 6.45) is 4.99. The number of allylic oxidation sites excluding steroid dienone is 1. The number of esters is 1. The molecule has 0 saturated carbocycles. The Morgan fingerprint density at radius 2 is 2.17 bits per heavy atom. The van der Waals surface area contributed by atoms with E-state index in [-0.39, 0.29) is 23.8 Å². The third-order valence-corrected chi connectivity index (χ3v) is 5.79. The van der Waals surface area contributed by atoms with Crippen molar-refractivity contribution in [1.82, 2.24) is 10.3 Å². The molecule has 1 aromatic carbocycles. The SMILES string of the molecule is CC=C1CN[C@H]2Cc3c([nH]c4ccccc34)CC[C@@H]1[C@H]2C(=O)OC. The fourth-order valence-corrected chi connectivity index (χ4v) is 4.59. The number of piperidine rings is 1. The molecule has 1 saturated heterocycles. The highest BCUT2D eigenvalue weighted by Gasteiger charge is 2.42. The van der Waals surface area contributed by atoms with E-state index in [2.05, 4.69) is 47.6 Å². The predicted octanol–water partition coefficient (Wildman–Crippen LogP) is 2.98. The van der Waals surface area contributed by atoms with Crippen molar-refractivity contribution in [3.05, 3.63) is 47.2 Å². The standard InChI is InChI=1S/C20H24N2O2/c1-3-12-11-21-18-10-15-14-6-4-5-7-16(14)22-17(15)9-8-13(12)19(18)20(23)24-2/h3-7,13,18-19,21-22H,8-11H2,1-2H3/t13-,18-,19+/m0/s1. The summed E-state index contributed by atoms with van der Waals surface area (Å²) >= 11 is 0. The number of H-pyrrole nitrogens is 1. The molecule has 4 rings (SSSR count). The Balaban J connectivity index is 1.81. The first-order valence-corrected chi connectivity index (χ1v) is 8.77. The third kappa shape index (κ3) is 2.37. The van der Waals surface area contributed by atoms with Crippen LogP contribution in [0.15, 0.2) is 35.9 Å². The minimum absolute atomic E-state index is 0.0835. The molecule has 24 heavy (non-hydrogen) atoms. The minimum Gasteiger partial charge on any atom is -0.469 e. The van der Waals surface area contributed by atoms with Gasteiger partial charge in [-0.05, 0) is 43.7 Å². The smallest absolute Gasteiger partial charge is 0.310 e. The van der Waals surface area contributed by atoms with Gasteiger partial charge >= 0.3 is 5.97 Å². The van der Waals surface area contributed by atoms with Crippen molar-refractivity contribution in [2.45, 2.75) is 32.2 Å². The number of nitrogens with one attached hydrogen (secondary N) is 2. The van der Waals surface area contributed by atoms with Crippen LogP contribution in [0.25, 0.3) is 10.9 Å². The summed E-state index contributed by atoms with van der Waals surface area (Å²) in [6, 6.07) is 8.59. The van der Waals surface area contributed by atoms with Gasteiger partial charge < -0.3 is 15.0 Å². The summed E-state index contributed by atoms with van der Waals surface area (Å²) in [6.45, 7) is 2.94. The third-order valence-electron chi connectivity index (χ3n) is 5.79. The van der Waals surface area contributed by atoms with Gasteiger partial charge in [0, 0.05) is 29.2 Å². The first-order chi connectivity index (χ1) is 11.7. The summed E-state index contributed by atoms with van der Waals surface area (Å²) in [5.41, 5.74) is 5.22. The first kappa shape index (κ1) is 15.5. The van der Waals surface area contributed by atoms with Crippen molar-refractivity contribution in [2.75, 3.05) is 13.7 Å². The number of benzene rings is 1. The zero-order valence-corrected chi connectivity index (χ0v) is 14.3. The van der Waals surface area contributed by atoms with E-state index in [4.69, 9.17) is 4.74 Å². The second-order valence-corrected chi connectivity index (χ2v) is 6.88. The lowest BCUT2D eigenvalue weighted by molar-refractivity contribution is -0.149. The number of hydrogen-bond donors (Lipinski definition) is 2. The second-order valence-electron chi connectivity index (χ2n) is 6.88. The number of carbonyl (C=O) groups is 1. The van der Waals surface area contributed by atoms with E-state index >= 15 is 0 Å². The number of aryl methyl sites for hydroxylation is 1. The average molecular weight is 324 g/mol. The number of rotatable bonds is 1. The van der Waals surface area contributed by atoms with Crippen molar-refractivity contribution < 1.29 is 9.53 Å². The summed E-state index contributed by atoms with van der Waals surface area (Å²) in [4.78, 5) is 16.1. The Hall–Kier alpha value is -2.07. The van der Waals surface area contributed by atoms with Gasteiger partial charge in [0.25, 0.3) is 0 Å². The van der Waals surface area contributed by atoms with Crippen LogP contribution in [-0.2, 0) is 22.4 Å². The maximum absolute atomic E-state index is 12.5. The highest BCUT2D eigenvalue weighted by atomic mass is 16.5. The molecule has 126 valence electrons. The van der Waals surface area contributed by atoms with E-state index < -0.39 is 0 Å². The van der Waals surface area contributed by atoms with Crippen LogP contribution in [0.5, 0.6) is 0 Å². The molecule has 0 spiro atoms. The average Bonchev–Trinajstić information content (AvgIpc) is 2.95. The minimum atomic E-state index is -0.100. The molecule has 1 fully saturated rings. The molecule has 1 aliphatic carbocycles. The van der Waals surface area contributed by atoms with Gasteiger partial charge in [-0.2, -0.15) is 0 Å². The second kappa shape index (κ2) is 6.10. The lowest BCUT2D eigenvalue weighted by Crippen LogP contribution is -2.52. The van der Waals surface area contributed by atoms with Gasteiger partial charge in [0.05, 0.1) is 13.0 Å². The van der Waals surface area contributed by atoms with Crippen LogP contribution in [0.4, 0.5) is 0 Å². The fourth-order valence-electron chi connectivity index (χ4n) is 4.59. The van der Waals surface area contributed by atoms with Crippen LogP contribution in [0.3, 0.4) is 0 Å². The van der Waals surface area contributed by atoms with Gasteiger partial charge in [-0.3, -0.25) is 4.79 Å². The molecular formula is C20H24N2O2. The van der Waals surface area contributed by atoms with Crippen LogP contribution >= 0.6 is 0 Å². The molecule has 0 radical (unpaired) electrons. The lowest BCUT2D eigenvalue weighted by atomic mass is 9.71. The maximum Gasteiger partial charge on any atom is 0.310 e. The van der Waals surface area contributed by atoms with Gasteiger partial charge in [0.1, 0.15) is 0 Å². The molecule has 2 aromatic rings. The van der Waals surface area contributed by atoms with E-state index in [1.54, 1.807) is 0 Å². The number of hydrogen-bond acceptors (Lipinski definition) is 3. The number of para-hydroxylation sites is 1. The van der Waals surface area contributed by atoms with Crippen LogP contribution in [-0.4, -0.2) is 30.6 Å². The number of fused-ring (bicyclic) bond motifs is 5. The van der Waals surface area contributed by atoms with Crippen molar-refractivity contribution in [2.24, 2.45) is 11.8 Å². The summed E-state index contributed by atoms with van der Waals surface area (Å²) in [5.74, 6) is 0.0878. The number of aromatic nitrogens is 1. The Labute approximate surface area is 142 Å². The van der Waals surface area contributed by atoms with Gasteiger partial charge in [-0.25, -0.2) is 0 Å². The topological polar surface area (TPSA) is 54.1 Å². The summed E-state index contributed by atoms with van der Waals surface area (Å²) in [5, 5.41) is 4.88. The number of ether oxygens (including phenoxy) is 1. The predicted molar refractivity (Wildman–Crippen MR) is 94.9 cm³/mol. The molecular weight excluding hydrogens is 300 g/mol. The molecule has 0 amide bonds. The number of aromatic amines is 1. The van der Waals surface area contributed by atoms with Gasteiger partial charge in [0.15, 0.2) is 0 Å². The Bertz CT molecular complexity index is 805. The van der Waals surface area contributed by atoms with Crippen molar-refractivity contribution in [3.63, 3.8) is 0 Å². The first-order valence-electron chi connectivity index (χ1n) is 8.77. The van der Waals surface area contributed by atoms with Crippen LogP contribution in [0.1, 0.15) is 24.6 Å². The van der Waals surface area contributed by atoms with Crippen LogP contribution < -0.4 is 5.32 Å². The van der Waals surface area contributed by atoms with E-state index in [9.17, 15) is 4.79 Å². The monoisotopic (exact) mass is 324 g/mol. The fraction of sp³-hybridized carbons (Fsp3) is 0.450. The molecule has 3 atom stereocenters. The molecule has 2 aliphatic rings. The van der Waals surface area contributed by atoms with E-state index in [1.165, 1.54) is 34.8 Å². The molecule has 1 aromatic heterocycles. The quantitative estimate of drug-likeness (QED) is 0.626.